The first-order valence-electron chi connectivity index (χ1n) is 8.34. The minimum Gasteiger partial charge on any atom is -0.484 e. The second kappa shape index (κ2) is 9.36. The van der Waals surface area contributed by atoms with Crippen molar-refractivity contribution in [2.45, 2.75) is 19.9 Å². The van der Waals surface area contributed by atoms with Crippen LogP contribution in [0.3, 0.4) is 0 Å². The molecule has 0 aromatic heterocycles. The number of ketones is 1. The van der Waals surface area contributed by atoms with Crippen LogP contribution < -0.4 is 15.4 Å². The second-order valence-corrected chi connectivity index (χ2v) is 6.01. The maximum absolute atomic E-state index is 12.3. The van der Waals surface area contributed by atoms with E-state index in [-0.39, 0.29) is 30.9 Å². The minimum absolute atomic E-state index is 0.0211. The van der Waals surface area contributed by atoms with Crippen LogP contribution in [-0.4, -0.2) is 36.8 Å². The number of amides is 2. The number of carbonyl (C=O) groups excluding carboxylic acids is 3. The molecule has 0 bridgehead atoms. The molecule has 0 saturated carbocycles. The zero-order valence-corrected chi connectivity index (χ0v) is 14.8. The zero-order chi connectivity index (χ0) is 18.9. The van der Waals surface area contributed by atoms with E-state index >= 15 is 0 Å². The maximum Gasteiger partial charge on any atom is 0.258 e. The Morgan fingerprint density at radius 1 is 0.885 bits per heavy atom. The molecule has 2 rings (SSSR count). The van der Waals surface area contributed by atoms with Crippen LogP contribution in [0.1, 0.15) is 29.8 Å². The lowest BCUT2D eigenvalue weighted by Crippen LogP contribution is -2.41. The van der Waals surface area contributed by atoms with Gasteiger partial charge in [0.2, 0.25) is 5.91 Å². The average Bonchev–Trinajstić information content (AvgIpc) is 2.64. The molecule has 2 amide bonds. The normalized spacial score (nSPS) is 10.3. The molecule has 136 valence electrons. The number of nitrogens with one attached hydrogen (secondary N) is 2. The molecule has 2 N–H and O–H groups in total. The van der Waals surface area contributed by atoms with Gasteiger partial charge in [0.15, 0.2) is 12.4 Å². The van der Waals surface area contributed by atoms with E-state index < -0.39 is 5.91 Å². The quantitative estimate of drug-likeness (QED) is 0.710. The molecule has 6 nitrogen and oxygen atoms in total. The average molecular weight is 354 g/mol. The van der Waals surface area contributed by atoms with Crippen LogP contribution in [0.25, 0.3) is 0 Å². The molecule has 0 atom stereocenters. The summed E-state index contributed by atoms with van der Waals surface area (Å²) in [6.07, 6.45) is 0. The van der Waals surface area contributed by atoms with Gasteiger partial charge in [-0.1, -0.05) is 30.3 Å². The first-order chi connectivity index (χ1) is 12.5. The van der Waals surface area contributed by atoms with E-state index in [1.54, 1.807) is 36.4 Å². The predicted octanol–water partition coefficient (Wildman–Crippen LogP) is 1.94. The summed E-state index contributed by atoms with van der Waals surface area (Å²) in [5.74, 6) is -0.257. The van der Waals surface area contributed by atoms with Gasteiger partial charge >= 0.3 is 0 Å². The van der Waals surface area contributed by atoms with E-state index in [1.807, 2.05) is 32.0 Å². The first-order valence-corrected chi connectivity index (χ1v) is 8.34. The number of hydrogen-bond donors (Lipinski definition) is 2. The Morgan fingerprint density at radius 3 is 2.12 bits per heavy atom. The molecule has 2 aromatic carbocycles. The van der Waals surface area contributed by atoms with Gasteiger partial charge in [-0.05, 0) is 38.1 Å². The molecule has 0 unspecified atom stereocenters. The highest BCUT2D eigenvalue weighted by molar-refractivity contribution is 6.08. The van der Waals surface area contributed by atoms with E-state index in [1.165, 1.54) is 0 Å². The van der Waals surface area contributed by atoms with Gasteiger partial charge in [0.05, 0.1) is 6.54 Å². The van der Waals surface area contributed by atoms with Crippen LogP contribution in [-0.2, 0) is 9.59 Å². The summed E-state index contributed by atoms with van der Waals surface area (Å²) in [6.45, 7) is 3.38. The summed E-state index contributed by atoms with van der Waals surface area (Å²) < 4.78 is 5.37. The lowest BCUT2D eigenvalue weighted by Gasteiger charge is -2.10. The minimum atomic E-state index is -0.395. The third-order valence-electron chi connectivity index (χ3n) is 3.42. The molecule has 2 aromatic rings. The number of carbonyl (C=O) groups is 3. The summed E-state index contributed by atoms with van der Waals surface area (Å²) >= 11 is 0. The summed E-state index contributed by atoms with van der Waals surface area (Å²) in [7, 11) is 0. The van der Waals surface area contributed by atoms with Gasteiger partial charge in [-0.3, -0.25) is 14.4 Å². The van der Waals surface area contributed by atoms with Crippen molar-refractivity contribution in [2.24, 2.45) is 0 Å². The van der Waals surface area contributed by atoms with Crippen LogP contribution in [0, 0.1) is 0 Å². The highest BCUT2D eigenvalue weighted by atomic mass is 16.5. The van der Waals surface area contributed by atoms with Crippen LogP contribution in [0.4, 0.5) is 0 Å². The van der Waals surface area contributed by atoms with Gasteiger partial charge in [-0.25, -0.2) is 0 Å². The van der Waals surface area contributed by atoms with Crippen molar-refractivity contribution in [1.82, 2.24) is 10.6 Å². The van der Waals surface area contributed by atoms with Gasteiger partial charge in [-0.2, -0.15) is 0 Å². The summed E-state index contributed by atoms with van der Waals surface area (Å²) in [5.41, 5.74) is 1.15. The van der Waals surface area contributed by atoms with Crippen molar-refractivity contribution in [2.75, 3.05) is 13.2 Å². The number of ether oxygens (including phenoxy) is 1. The lowest BCUT2D eigenvalue weighted by atomic mass is 10.0. The summed E-state index contributed by atoms with van der Waals surface area (Å²) in [6, 6.07) is 15.6. The monoisotopic (exact) mass is 354 g/mol. The number of benzene rings is 2. The van der Waals surface area contributed by atoms with E-state index in [0.29, 0.717) is 16.9 Å². The van der Waals surface area contributed by atoms with E-state index in [9.17, 15) is 14.4 Å². The Balaban J connectivity index is 1.81. The molecular weight excluding hydrogens is 332 g/mol. The van der Waals surface area contributed by atoms with Gasteiger partial charge in [0, 0.05) is 17.2 Å². The van der Waals surface area contributed by atoms with Crippen LogP contribution >= 0.6 is 0 Å². The van der Waals surface area contributed by atoms with Crippen LogP contribution in [0.5, 0.6) is 5.75 Å². The van der Waals surface area contributed by atoms with Crippen molar-refractivity contribution in [3.8, 4) is 5.75 Å². The molecule has 6 heteroatoms. The fraction of sp³-hybridized carbons (Fsp3) is 0.250. The van der Waals surface area contributed by atoms with Gasteiger partial charge in [0.1, 0.15) is 5.75 Å². The molecule has 26 heavy (non-hydrogen) atoms. The molecule has 0 aliphatic rings. The summed E-state index contributed by atoms with van der Waals surface area (Å²) in [4.78, 5) is 35.5. The fourth-order valence-corrected chi connectivity index (χ4v) is 2.21. The first kappa shape index (κ1) is 19.2. The molecule has 0 aliphatic carbocycles. The standard InChI is InChI=1S/C20H22N2O4/c1-14(2)22-18(23)12-21-19(24)13-26-17-10-8-16(9-11-17)20(25)15-6-4-3-5-7-15/h3-11,14H,12-13H2,1-2H3,(H,21,24)(H,22,23). The maximum atomic E-state index is 12.3. The van der Waals surface area contributed by atoms with Gasteiger partial charge in [0.25, 0.3) is 5.91 Å². The van der Waals surface area contributed by atoms with Crippen LogP contribution in [0.15, 0.2) is 54.6 Å². The smallest absolute Gasteiger partial charge is 0.258 e. The Bertz CT molecular complexity index is 755. The Kier molecular flexibility index (Phi) is 6.91. The van der Waals surface area contributed by atoms with Gasteiger partial charge < -0.3 is 15.4 Å². The largest absolute Gasteiger partial charge is 0.484 e. The number of hydrogen-bond acceptors (Lipinski definition) is 4. The molecule has 0 heterocycles. The van der Waals surface area contributed by atoms with E-state index in [0.717, 1.165) is 0 Å². The Morgan fingerprint density at radius 2 is 1.50 bits per heavy atom. The third kappa shape index (κ3) is 6.05. The molecule has 0 spiro atoms. The van der Waals surface area contributed by atoms with Crippen molar-refractivity contribution in [1.29, 1.82) is 0 Å². The van der Waals surface area contributed by atoms with Crippen molar-refractivity contribution in [3.05, 3.63) is 65.7 Å². The SMILES string of the molecule is CC(C)NC(=O)CNC(=O)COc1ccc(C(=O)c2ccccc2)cc1. The predicted molar refractivity (Wildman–Crippen MR) is 98.1 cm³/mol. The highest BCUT2D eigenvalue weighted by Gasteiger charge is 2.10. The third-order valence-corrected chi connectivity index (χ3v) is 3.42. The van der Waals surface area contributed by atoms with Gasteiger partial charge in [-0.15, -0.1) is 0 Å². The second-order valence-electron chi connectivity index (χ2n) is 6.01. The molecule has 0 saturated heterocycles. The topological polar surface area (TPSA) is 84.5 Å². The van der Waals surface area contributed by atoms with E-state index in [4.69, 9.17) is 4.74 Å². The molecular formula is C20H22N2O4. The van der Waals surface area contributed by atoms with Crippen LogP contribution in [0.2, 0.25) is 0 Å². The summed E-state index contributed by atoms with van der Waals surface area (Å²) in [5, 5.41) is 5.15. The molecule has 0 aliphatic heterocycles. The molecule has 0 fully saturated rings. The highest BCUT2D eigenvalue weighted by Crippen LogP contribution is 2.15. The van der Waals surface area contributed by atoms with E-state index in [2.05, 4.69) is 10.6 Å². The zero-order valence-electron chi connectivity index (χ0n) is 14.8. The van der Waals surface area contributed by atoms with Crippen molar-refractivity contribution < 1.29 is 19.1 Å². The Hall–Kier alpha value is -3.15. The number of rotatable bonds is 8. The van der Waals surface area contributed by atoms with Crippen molar-refractivity contribution in [3.63, 3.8) is 0 Å². The molecule has 0 radical (unpaired) electrons. The Labute approximate surface area is 152 Å². The fourth-order valence-electron chi connectivity index (χ4n) is 2.21. The van der Waals surface area contributed by atoms with Crippen molar-refractivity contribution >= 4 is 17.6 Å². The lowest BCUT2D eigenvalue weighted by molar-refractivity contribution is -0.127.